The Morgan fingerprint density at radius 2 is 2.14 bits per heavy atom. The fraction of sp³-hybridized carbons (Fsp3) is 0.526. The van der Waals surface area contributed by atoms with Crippen molar-refractivity contribution in [3.05, 3.63) is 23.2 Å². The number of ether oxygens (including phenoxy) is 1. The van der Waals surface area contributed by atoms with Crippen LogP contribution in [0.15, 0.2) is 23.3 Å². The van der Waals surface area contributed by atoms with Gasteiger partial charge in [-0.1, -0.05) is 25.4 Å². The predicted molar refractivity (Wildman–Crippen MR) is 111 cm³/mol. The summed E-state index contributed by atoms with van der Waals surface area (Å²) < 4.78 is 29.0. The van der Waals surface area contributed by atoms with Gasteiger partial charge < -0.3 is 10.1 Å². The van der Waals surface area contributed by atoms with Gasteiger partial charge in [0.15, 0.2) is 9.84 Å². The zero-order chi connectivity index (χ0) is 21.2. The molecule has 8 nitrogen and oxygen atoms in total. The Balaban J connectivity index is 1.69. The van der Waals surface area contributed by atoms with E-state index in [0.717, 1.165) is 0 Å². The van der Waals surface area contributed by atoms with E-state index in [0.29, 0.717) is 35.4 Å². The van der Waals surface area contributed by atoms with Crippen LogP contribution in [0.3, 0.4) is 0 Å². The molecule has 0 aromatic heterocycles. The molecule has 1 atom stereocenters. The zero-order valence-electron chi connectivity index (χ0n) is 16.4. The first-order valence-corrected chi connectivity index (χ1v) is 11.7. The van der Waals surface area contributed by atoms with Crippen LogP contribution in [0.2, 0.25) is 5.02 Å². The first-order chi connectivity index (χ1) is 13.6. The summed E-state index contributed by atoms with van der Waals surface area (Å²) in [5, 5.41) is 8.42. The van der Waals surface area contributed by atoms with E-state index in [1.54, 1.807) is 18.2 Å². The molecule has 1 N–H and O–H groups in total. The van der Waals surface area contributed by atoms with Gasteiger partial charge in [0.05, 0.1) is 29.2 Å². The number of nitrogens with zero attached hydrogens (tertiary/aromatic N) is 2. The summed E-state index contributed by atoms with van der Waals surface area (Å²) >= 11 is 6.22. The Bertz CT molecular complexity index is 945. The number of carbonyl (C=O) groups excluding carboxylic acids is 2. The highest BCUT2D eigenvalue weighted by atomic mass is 35.5. The minimum absolute atomic E-state index is 0.0300. The van der Waals surface area contributed by atoms with Crippen LogP contribution in [-0.4, -0.2) is 55.1 Å². The molecule has 3 rings (SSSR count). The van der Waals surface area contributed by atoms with Crippen LogP contribution < -0.4 is 10.1 Å². The van der Waals surface area contributed by atoms with Crippen LogP contribution in [0.25, 0.3) is 0 Å². The van der Waals surface area contributed by atoms with Gasteiger partial charge in [-0.2, -0.15) is 5.10 Å². The number of hydrazone groups is 1. The third-order valence-corrected chi connectivity index (χ3v) is 6.68. The van der Waals surface area contributed by atoms with Crippen LogP contribution in [0, 0.1) is 5.92 Å². The number of carbonyl (C=O) groups is 2. The van der Waals surface area contributed by atoms with Crippen molar-refractivity contribution in [1.82, 2.24) is 5.01 Å². The molecule has 1 unspecified atom stereocenters. The number of anilines is 1. The van der Waals surface area contributed by atoms with Gasteiger partial charge in [-0.05, 0) is 30.5 Å². The molecule has 2 heterocycles. The number of amides is 2. The lowest BCUT2D eigenvalue weighted by molar-refractivity contribution is -0.133. The molecule has 158 valence electrons. The first kappa shape index (κ1) is 21.6. The summed E-state index contributed by atoms with van der Waals surface area (Å²) in [4.78, 5) is 24.8. The van der Waals surface area contributed by atoms with Gasteiger partial charge in [0.2, 0.25) is 5.91 Å². The summed E-state index contributed by atoms with van der Waals surface area (Å²) in [6.07, 6.45) is 0.648. The quantitative estimate of drug-likeness (QED) is 0.730. The molecular formula is C19H24ClN3O5S. The smallest absolute Gasteiger partial charge is 0.271 e. The van der Waals surface area contributed by atoms with Crippen molar-refractivity contribution in [1.29, 1.82) is 0 Å². The number of sulfone groups is 1. The summed E-state index contributed by atoms with van der Waals surface area (Å²) in [7, 11) is -3.16. The molecule has 2 aliphatic rings. The molecular weight excluding hydrogens is 418 g/mol. The third kappa shape index (κ3) is 5.48. The van der Waals surface area contributed by atoms with Gasteiger partial charge in [-0.3, -0.25) is 9.59 Å². The normalized spacial score (nSPS) is 21.2. The number of halogens is 1. The van der Waals surface area contributed by atoms with E-state index in [9.17, 15) is 18.0 Å². The summed E-state index contributed by atoms with van der Waals surface area (Å²) in [6, 6.07) is 4.44. The van der Waals surface area contributed by atoms with Crippen molar-refractivity contribution in [2.24, 2.45) is 11.0 Å². The second kappa shape index (κ2) is 8.71. The van der Waals surface area contributed by atoms with Crippen molar-refractivity contribution in [2.75, 3.05) is 23.4 Å². The minimum Gasteiger partial charge on any atom is -0.492 e. The van der Waals surface area contributed by atoms with E-state index >= 15 is 0 Å². The van der Waals surface area contributed by atoms with Gasteiger partial charge in [0.1, 0.15) is 11.5 Å². The molecule has 0 bridgehead atoms. The summed E-state index contributed by atoms with van der Waals surface area (Å²) in [5.74, 6) is 0.0868. The number of hydrogen-bond acceptors (Lipinski definition) is 6. The average Bonchev–Trinajstić information content (AvgIpc) is 3.00. The molecule has 1 aromatic carbocycles. The topological polar surface area (TPSA) is 105 Å². The Kier molecular flexibility index (Phi) is 6.48. The SMILES string of the molecule is CC(C)COc1ccc(NC(=O)C2=NN(C3CCS(=O)(=O)C3)C(=O)CC2)cc1Cl. The lowest BCUT2D eigenvalue weighted by Gasteiger charge is -2.27. The first-order valence-electron chi connectivity index (χ1n) is 9.48. The fourth-order valence-electron chi connectivity index (χ4n) is 3.14. The van der Waals surface area contributed by atoms with E-state index < -0.39 is 21.8 Å². The Hall–Kier alpha value is -2.13. The highest BCUT2D eigenvalue weighted by Gasteiger charge is 2.37. The monoisotopic (exact) mass is 441 g/mol. The lowest BCUT2D eigenvalue weighted by atomic mass is 10.1. The number of hydrogen-bond donors (Lipinski definition) is 1. The van der Waals surface area contributed by atoms with E-state index in [4.69, 9.17) is 16.3 Å². The molecule has 0 saturated carbocycles. The van der Waals surface area contributed by atoms with Crippen molar-refractivity contribution in [3.63, 3.8) is 0 Å². The van der Waals surface area contributed by atoms with E-state index in [-0.39, 0.29) is 36.0 Å². The highest BCUT2D eigenvalue weighted by molar-refractivity contribution is 7.91. The molecule has 29 heavy (non-hydrogen) atoms. The molecule has 0 radical (unpaired) electrons. The van der Waals surface area contributed by atoms with Crippen molar-refractivity contribution in [3.8, 4) is 5.75 Å². The van der Waals surface area contributed by atoms with Crippen LogP contribution in [0.1, 0.15) is 33.1 Å². The Morgan fingerprint density at radius 3 is 2.76 bits per heavy atom. The predicted octanol–water partition coefficient (Wildman–Crippen LogP) is 2.48. The zero-order valence-corrected chi connectivity index (χ0v) is 17.9. The Morgan fingerprint density at radius 1 is 1.38 bits per heavy atom. The van der Waals surface area contributed by atoms with Gasteiger partial charge >= 0.3 is 0 Å². The average molecular weight is 442 g/mol. The lowest BCUT2D eigenvalue weighted by Crippen LogP contribution is -2.42. The van der Waals surface area contributed by atoms with Crippen molar-refractivity contribution in [2.45, 2.75) is 39.2 Å². The van der Waals surface area contributed by atoms with Gasteiger partial charge in [-0.25, -0.2) is 13.4 Å². The molecule has 2 aliphatic heterocycles. The van der Waals surface area contributed by atoms with Gasteiger partial charge in [0.25, 0.3) is 5.91 Å². The number of benzene rings is 1. The van der Waals surface area contributed by atoms with Gasteiger partial charge in [-0.15, -0.1) is 0 Å². The van der Waals surface area contributed by atoms with Crippen LogP contribution in [0.5, 0.6) is 5.75 Å². The molecule has 10 heteroatoms. The van der Waals surface area contributed by atoms with Crippen LogP contribution in [-0.2, 0) is 19.4 Å². The summed E-state index contributed by atoms with van der Waals surface area (Å²) in [6.45, 7) is 4.59. The maximum Gasteiger partial charge on any atom is 0.271 e. The molecule has 0 spiro atoms. The molecule has 1 fully saturated rings. The van der Waals surface area contributed by atoms with E-state index in [2.05, 4.69) is 10.4 Å². The highest BCUT2D eigenvalue weighted by Crippen LogP contribution is 2.28. The van der Waals surface area contributed by atoms with E-state index in [1.165, 1.54) is 5.01 Å². The van der Waals surface area contributed by atoms with Crippen LogP contribution in [0.4, 0.5) is 5.69 Å². The number of nitrogens with one attached hydrogen (secondary N) is 1. The standard InChI is InChI=1S/C19H24ClN3O5S/c1-12(2)10-28-17-5-3-13(9-15(17)20)21-19(25)16-4-6-18(24)23(22-16)14-7-8-29(26,27)11-14/h3,5,9,12,14H,4,6-8,10-11H2,1-2H3,(H,21,25). The maximum absolute atomic E-state index is 12.6. The van der Waals surface area contributed by atoms with Crippen molar-refractivity contribution >= 4 is 44.7 Å². The van der Waals surface area contributed by atoms with E-state index in [1.807, 2.05) is 13.8 Å². The molecule has 0 aliphatic carbocycles. The van der Waals surface area contributed by atoms with Crippen LogP contribution >= 0.6 is 11.6 Å². The maximum atomic E-state index is 12.6. The number of rotatable bonds is 6. The van der Waals surface area contributed by atoms with Gasteiger partial charge in [0, 0.05) is 18.5 Å². The summed E-state index contributed by atoms with van der Waals surface area (Å²) in [5.41, 5.74) is 0.664. The second-order valence-corrected chi connectivity index (χ2v) is 10.3. The largest absolute Gasteiger partial charge is 0.492 e. The minimum atomic E-state index is -3.16. The molecule has 1 saturated heterocycles. The molecule has 2 amide bonds. The molecule has 1 aromatic rings. The second-order valence-electron chi connectivity index (χ2n) is 7.65. The van der Waals surface area contributed by atoms with Crippen molar-refractivity contribution < 1.29 is 22.7 Å². The third-order valence-electron chi connectivity index (χ3n) is 4.64. The fourth-order valence-corrected chi connectivity index (χ4v) is 5.07. The Labute approximate surface area is 175 Å².